The van der Waals surface area contributed by atoms with Crippen molar-refractivity contribution in [3.63, 3.8) is 0 Å². The largest absolute Gasteiger partial charge is 1.00 e. The molecular formula is C16H34NaO2PS2. The molecule has 128 valence electrons. The monoisotopic (exact) mass is 376 g/mol. The fraction of sp³-hybridized carbons (Fsp3) is 1.00. The first-order valence-corrected chi connectivity index (χ1v) is 12.8. The van der Waals surface area contributed by atoms with Crippen LogP contribution in [0.4, 0.5) is 0 Å². The number of unbranched alkanes of at least 4 members (excludes halogenated alkanes) is 2. The first kappa shape index (κ1) is 26.2. The third-order valence-electron chi connectivity index (χ3n) is 4.02. The predicted octanol–water partition coefficient (Wildman–Crippen LogP) is 2.76. The van der Waals surface area contributed by atoms with Crippen LogP contribution in [0.3, 0.4) is 0 Å². The van der Waals surface area contributed by atoms with Gasteiger partial charge in [-0.25, -0.2) is 0 Å². The zero-order chi connectivity index (χ0) is 16.1. The zero-order valence-corrected chi connectivity index (χ0v) is 19.8. The van der Waals surface area contributed by atoms with Gasteiger partial charge in [0.25, 0.3) is 0 Å². The van der Waals surface area contributed by atoms with Crippen LogP contribution in [0.25, 0.3) is 0 Å². The van der Waals surface area contributed by atoms with Crippen LogP contribution in [-0.2, 0) is 16.3 Å². The van der Waals surface area contributed by atoms with Crippen molar-refractivity contribution in [1.29, 1.82) is 0 Å². The molecule has 2 nitrogen and oxygen atoms in total. The van der Waals surface area contributed by atoms with E-state index in [4.69, 9.17) is 16.3 Å². The first-order valence-electron chi connectivity index (χ1n) is 8.59. The van der Waals surface area contributed by atoms with E-state index in [1.165, 1.54) is 43.5 Å². The van der Waals surface area contributed by atoms with E-state index in [0.717, 1.165) is 25.0 Å². The van der Waals surface area contributed by atoms with Gasteiger partial charge >= 0.3 is 29.6 Å². The molecule has 0 aliphatic heterocycles. The van der Waals surface area contributed by atoms with E-state index in [1.807, 2.05) is 0 Å². The predicted molar refractivity (Wildman–Crippen MR) is 99.3 cm³/mol. The molecule has 0 rings (SSSR count). The standard InChI is InChI=1S/C16H35O2PS2.Na/c1-5-9-11-15(7-3)13-18-19(17,20)21-14-16(8-4)12-10-6-2;/h15-16H,5-14H2,1-4H3,(H,17,20);/q;+1/p-1. The van der Waals surface area contributed by atoms with Gasteiger partial charge in [-0.2, -0.15) is 0 Å². The van der Waals surface area contributed by atoms with Crippen molar-refractivity contribution in [3.05, 3.63) is 0 Å². The molecule has 0 aliphatic carbocycles. The van der Waals surface area contributed by atoms with E-state index in [0.29, 0.717) is 18.4 Å². The molecule has 22 heavy (non-hydrogen) atoms. The topological polar surface area (TPSA) is 32.3 Å². The van der Waals surface area contributed by atoms with E-state index in [1.54, 1.807) is 0 Å². The van der Waals surface area contributed by atoms with Crippen LogP contribution >= 0.6 is 17.1 Å². The van der Waals surface area contributed by atoms with Crippen LogP contribution in [0.2, 0.25) is 0 Å². The summed E-state index contributed by atoms with van der Waals surface area (Å²) in [5.74, 6) is 2.00. The van der Waals surface area contributed by atoms with Gasteiger partial charge in [-0.3, -0.25) is 0 Å². The van der Waals surface area contributed by atoms with Crippen LogP contribution in [0.5, 0.6) is 0 Å². The fourth-order valence-electron chi connectivity index (χ4n) is 2.23. The normalized spacial score (nSPS) is 16.6. The van der Waals surface area contributed by atoms with Crippen molar-refractivity contribution >= 4 is 28.9 Å². The average Bonchev–Trinajstić information content (AvgIpc) is 2.47. The van der Waals surface area contributed by atoms with Crippen LogP contribution in [0.1, 0.15) is 79.1 Å². The minimum Gasteiger partial charge on any atom is -0.793 e. The molecule has 0 aliphatic rings. The fourth-order valence-corrected chi connectivity index (χ4v) is 5.81. The van der Waals surface area contributed by atoms with Gasteiger partial charge in [-0.15, -0.1) is 11.4 Å². The van der Waals surface area contributed by atoms with E-state index in [2.05, 4.69) is 27.7 Å². The summed E-state index contributed by atoms with van der Waals surface area (Å²) in [6, 6.07) is 0. The summed E-state index contributed by atoms with van der Waals surface area (Å²) in [7, 11) is 0. The Labute approximate surface area is 170 Å². The van der Waals surface area contributed by atoms with Crippen molar-refractivity contribution < 1.29 is 39.0 Å². The van der Waals surface area contributed by atoms with Gasteiger partial charge in [-0.05, 0) is 24.7 Å². The summed E-state index contributed by atoms with van der Waals surface area (Å²) in [5.41, 5.74) is -2.89. The second-order valence-corrected chi connectivity index (χ2v) is 12.0. The Hall–Kier alpha value is 1.92. The molecule has 0 aromatic carbocycles. The second-order valence-electron chi connectivity index (χ2n) is 5.87. The smallest absolute Gasteiger partial charge is 0.793 e. The van der Waals surface area contributed by atoms with Gasteiger partial charge in [0.1, 0.15) is 0 Å². The van der Waals surface area contributed by atoms with Crippen LogP contribution in [0, 0.1) is 11.8 Å². The van der Waals surface area contributed by atoms with Gasteiger partial charge in [0.05, 0.1) is 6.61 Å². The Morgan fingerprint density at radius 2 is 1.50 bits per heavy atom. The molecule has 3 unspecified atom stereocenters. The number of rotatable bonds is 14. The molecule has 0 heterocycles. The molecule has 0 amide bonds. The Morgan fingerprint density at radius 3 is 1.95 bits per heavy atom. The van der Waals surface area contributed by atoms with E-state index in [-0.39, 0.29) is 29.6 Å². The van der Waals surface area contributed by atoms with Crippen LogP contribution in [0.15, 0.2) is 0 Å². The summed E-state index contributed by atoms with van der Waals surface area (Å²) < 4.78 is 5.61. The van der Waals surface area contributed by atoms with Crippen molar-refractivity contribution in [2.24, 2.45) is 11.8 Å². The molecule has 0 radical (unpaired) electrons. The van der Waals surface area contributed by atoms with E-state index >= 15 is 0 Å². The Morgan fingerprint density at radius 1 is 1.00 bits per heavy atom. The number of hydrogen-bond donors (Lipinski definition) is 0. The van der Waals surface area contributed by atoms with Gasteiger partial charge in [-0.1, -0.05) is 78.0 Å². The van der Waals surface area contributed by atoms with Gasteiger partial charge in [0.15, 0.2) is 0 Å². The molecule has 0 saturated heterocycles. The van der Waals surface area contributed by atoms with Gasteiger partial charge < -0.3 is 9.42 Å². The van der Waals surface area contributed by atoms with Crippen molar-refractivity contribution in [3.8, 4) is 0 Å². The minimum atomic E-state index is -2.89. The molecule has 0 fully saturated rings. The van der Waals surface area contributed by atoms with Crippen LogP contribution < -0.4 is 34.5 Å². The molecule has 3 atom stereocenters. The SMILES string of the molecule is CCCCC(CC)COP([O-])(=S)SCC(CC)CCCC.[Na+]. The first-order chi connectivity index (χ1) is 9.99. The van der Waals surface area contributed by atoms with Gasteiger partial charge in [0, 0.05) is 11.4 Å². The molecular weight excluding hydrogens is 342 g/mol. The second kappa shape index (κ2) is 16.4. The minimum absolute atomic E-state index is 0. The Bertz CT molecular complexity index is 269. The maximum atomic E-state index is 12.4. The maximum absolute atomic E-state index is 12.4. The molecule has 0 bridgehead atoms. The molecule has 0 aromatic rings. The van der Waals surface area contributed by atoms with Crippen molar-refractivity contribution in [2.75, 3.05) is 12.4 Å². The summed E-state index contributed by atoms with van der Waals surface area (Å²) in [6.45, 7) is 9.34. The Balaban J connectivity index is 0. The Kier molecular flexibility index (Phi) is 19.5. The van der Waals surface area contributed by atoms with E-state index < -0.39 is 5.69 Å². The van der Waals surface area contributed by atoms with Crippen molar-refractivity contribution in [1.82, 2.24) is 0 Å². The maximum Gasteiger partial charge on any atom is 1.00 e. The molecule has 0 aromatic heterocycles. The summed E-state index contributed by atoms with van der Waals surface area (Å²) in [4.78, 5) is 12.4. The molecule has 6 heteroatoms. The zero-order valence-electron chi connectivity index (χ0n) is 15.3. The third kappa shape index (κ3) is 14.3. The quantitative estimate of drug-likeness (QED) is 0.345. The number of hydrogen-bond acceptors (Lipinski definition) is 4. The van der Waals surface area contributed by atoms with Crippen LogP contribution in [-0.4, -0.2) is 12.4 Å². The molecule has 0 spiro atoms. The van der Waals surface area contributed by atoms with E-state index in [9.17, 15) is 4.89 Å². The average molecular weight is 377 g/mol. The third-order valence-corrected chi connectivity index (χ3v) is 8.40. The summed E-state index contributed by atoms with van der Waals surface area (Å²) >= 11 is 6.58. The van der Waals surface area contributed by atoms with Crippen molar-refractivity contribution in [2.45, 2.75) is 79.1 Å². The summed E-state index contributed by atoms with van der Waals surface area (Å²) in [5, 5.41) is 0. The van der Waals surface area contributed by atoms with Gasteiger partial charge in [0.2, 0.25) is 0 Å². The summed E-state index contributed by atoms with van der Waals surface area (Å²) in [6.07, 6.45) is 9.46. The molecule has 0 N–H and O–H groups in total. The molecule has 0 saturated carbocycles.